The molecule has 0 heterocycles. The Morgan fingerprint density at radius 1 is 0.337 bits per heavy atom. The molecule has 492 valence electrons. The summed E-state index contributed by atoms with van der Waals surface area (Å²) >= 11 is 0. The van der Waals surface area contributed by atoms with Gasteiger partial charge in [0.2, 0.25) is 5.91 Å². The number of esters is 1. The molecular weight excluding hydrogens is 1020 g/mol. The summed E-state index contributed by atoms with van der Waals surface area (Å²) < 4.78 is 5.51. The molecule has 0 aliphatic rings. The summed E-state index contributed by atoms with van der Waals surface area (Å²) in [5.74, 6) is -0.00687. The minimum Gasteiger partial charge on any atom is -0.466 e. The van der Waals surface area contributed by atoms with Crippen LogP contribution in [0.4, 0.5) is 0 Å². The van der Waals surface area contributed by atoms with Crippen LogP contribution in [0.5, 0.6) is 0 Å². The average Bonchev–Trinajstić information content (AvgIpc) is 3.49. The Hall–Kier alpha value is -1.66. The molecule has 83 heavy (non-hydrogen) atoms. The number of ether oxygens (including phenoxy) is 1. The second-order valence-corrected chi connectivity index (χ2v) is 26.3. The summed E-state index contributed by atoms with van der Waals surface area (Å²) in [6.07, 6.45) is 92.7. The summed E-state index contributed by atoms with van der Waals surface area (Å²) in [5.41, 5.74) is 0. The first-order chi connectivity index (χ1) is 41.0. The lowest BCUT2D eigenvalue weighted by Crippen LogP contribution is -2.45. The summed E-state index contributed by atoms with van der Waals surface area (Å²) in [7, 11) is 0. The van der Waals surface area contributed by atoms with Gasteiger partial charge in [-0.25, -0.2) is 0 Å². The minimum absolute atomic E-state index is 0.0235. The van der Waals surface area contributed by atoms with E-state index in [4.69, 9.17) is 4.74 Å². The van der Waals surface area contributed by atoms with Gasteiger partial charge in [-0.1, -0.05) is 385 Å². The van der Waals surface area contributed by atoms with Crippen LogP contribution in [0.2, 0.25) is 0 Å². The average molecular weight is 1170 g/mol. The number of hydrogen-bond donors (Lipinski definition) is 3. The van der Waals surface area contributed by atoms with E-state index in [0.29, 0.717) is 25.9 Å². The molecule has 0 saturated heterocycles. The Balaban J connectivity index is 3.33. The van der Waals surface area contributed by atoms with Crippen molar-refractivity contribution >= 4 is 11.9 Å². The van der Waals surface area contributed by atoms with Crippen LogP contribution in [-0.4, -0.2) is 47.4 Å². The van der Waals surface area contributed by atoms with Gasteiger partial charge in [0, 0.05) is 12.8 Å². The van der Waals surface area contributed by atoms with Gasteiger partial charge in [-0.05, 0) is 57.8 Å². The molecule has 3 N–H and O–H groups in total. The minimum atomic E-state index is -0.661. The zero-order valence-corrected chi connectivity index (χ0v) is 56.5. The van der Waals surface area contributed by atoms with E-state index in [2.05, 4.69) is 43.5 Å². The van der Waals surface area contributed by atoms with Gasteiger partial charge < -0.3 is 20.3 Å². The molecular formula is C77H149NO5. The lowest BCUT2D eigenvalue weighted by Gasteiger charge is -2.22. The Bertz CT molecular complexity index is 1300. The van der Waals surface area contributed by atoms with Crippen molar-refractivity contribution in [1.29, 1.82) is 0 Å². The van der Waals surface area contributed by atoms with Crippen molar-refractivity contribution in [2.24, 2.45) is 0 Å². The maximum atomic E-state index is 12.5. The first-order valence-electron chi connectivity index (χ1n) is 38.1. The molecule has 0 aliphatic heterocycles. The second kappa shape index (κ2) is 72.8. The van der Waals surface area contributed by atoms with Crippen LogP contribution in [0.25, 0.3) is 0 Å². The van der Waals surface area contributed by atoms with Gasteiger partial charge in [-0.3, -0.25) is 9.59 Å². The Labute approximate surface area is 520 Å². The highest BCUT2D eigenvalue weighted by atomic mass is 16.5. The van der Waals surface area contributed by atoms with Crippen molar-refractivity contribution in [3.05, 3.63) is 24.3 Å². The van der Waals surface area contributed by atoms with Crippen LogP contribution < -0.4 is 5.32 Å². The fourth-order valence-electron chi connectivity index (χ4n) is 12.2. The fraction of sp³-hybridized carbons (Fsp3) is 0.922. The lowest BCUT2D eigenvalue weighted by molar-refractivity contribution is -0.143. The van der Waals surface area contributed by atoms with Gasteiger partial charge in [0.25, 0.3) is 0 Å². The van der Waals surface area contributed by atoms with Crippen molar-refractivity contribution < 1.29 is 24.5 Å². The molecule has 2 unspecified atom stereocenters. The van der Waals surface area contributed by atoms with Gasteiger partial charge in [0.1, 0.15) is 0 Å². The standard InChI is InChI=1S/C77H149NO5/c1-3-5-7-9-11-13-15-17-18-40-44-47-51-55-59-63-67-71-77(82)83-72-68-64-60-56-52-48-45-42-39-37-35-33-31-29-27-25-23-21-19-20-22-24-26-28-30-32-34-36-38-41-43-46-50-54-58-62-66-70-76(81)78-74(73-79)75(80)69-65-61-57-53-49-16-14-12-10-8-6-4-2/h19,21,25,27,74-75,79-80H,3-18,20,22-24,26,28-73H2,1-2H3,(H,78,81)/b21-19-,27-25-. The summed E-state index contributed by atoms with van der Waals surface area (Å²) in [6.45, 7) is 4.99. The van der Waals surface area contributed by atoms with E-state index in [9.17, 15) is 19.8 Å². The molecule has 0 aliphatic carbocycles. The normalized spacial score (nSPS) is 12.6. The number of aliphatic hydroxyl groups is 2. The Morgan fingerprint density at radius 3 is 0.916 bits per heavy atom. The molecule has 0 aromatic rings. The van der Waals surface area contributed by atoms with E-state index in [1.165, 1.54) is 353 Å². The van der Waals surface area contributed by atoms with E-state index in [1.54, 1.807) is 0 Å². The monoisotopic (exact) mass is 1170 g/mol. The first kappa shape index (κ1) is 81.3. The molecule has 0 rings (SSSR count). The number of carbonyl (C=O) groups excluding carboxylic acids is 2. The summed E-state index contributed by atoms with van der Waals surface area (Å²) in [4.78, 5) is 24.6. The molecule has 0 aromatic carbocycles. The van der Waals surface area contributed by atoms with Gasteiger partial charge in [0.15, 0.2) is 0 Å². The van der Waals surface area contributed by atoms with E-state index in [1.807, 2.05) is 0 Å². The van der Waals surface area contributed by atoms with Crippen molar-refractivity contribution in [3.63, 3.8) is 0 Å². The zero-order valence-electron chi connectivity index (χ0n) is 56.5. The first-order valence-corrected chi connectivity index (χ1v) is 38.1. The molecule has 0 spiro atoms. The highest BCUT2D eigenvalue weighted by Crippen LogP contribution is 2.20. The SMILES string of the molecule is CCCCCCCCCCCCCCCCCCCC(=O)OCCCCCCCCCCCCCCC/C=C\C/C=C\CCCCCCCCCCCCCCCCCCCC(=O)NC(CO)C(O)CCCCCCCCCCCCCC. The number of unbranched alkanes of at least 4 members (excludes halogenated alkanes) is 57. The predicted molar refractivity (Wildman–Crippen MR) is 366 cm³/mol. The topological polar surface area (TPSA) is 95.9 Å². The number of hydrogen-bond acceptors (Lipinski definition) is 5. The van der Waals surface area contributed by atoms with Gasteiger partial charge >= 0.3 is 5.97 Å². The maximum absolute atomic E-state index is 12.5. The molecule has 0 bridgehead atoms. The second-order valence-electron chi connectivity index (χ2n) is 26.3. The van der Waals surface area contributed by atoms with Crippen molar-refractivity contribution in [1.82, 2.24) is 5.32 Å². The van der Waals surface area contributed by atoms with E-state index < -0.39 is 12.1 Å². The third kappa shape index (κ3) is 69.3. The molecule has 0 aromatic heterocycles. The van der Waals surface area contributed by atoms with Gasteiger partial charge in [-0.2, -0.15) is 0 Å². The fourth-order valence-corrected chi connectivity index (χ4v) is 12.2. The van der Waals surface area contributed by atoms with Crippen LogP contribution in [0.15, 0.2) is 24.3 Å². The number of amides is 1. The lowest BCUT2D eigenvalue weighted by atomic mass is 10.0. The number of carbonyl (C=O) groups is 2. The van der Waals surface area contributed by atoms with Gasteiger partial charge in [-0.15, -0.1) is 0 Å². The number of allylic oxidation sites excluding steroid dienone is 4. The Morgan fingerprint density at radius 2 is 0.602 bits per heavy atom. The third-order valence-electron chi connectivity index (χ3n) is 18.0. The molecule has 0 fully saturated rings. The third-order valence-corrected chi connectivity index (χ3v) is 18.0. The van der Waals surface area contributed by atoms with E-state index >= 15 is 0 Å². The quantitative estimate of drug-likeness (QED) is 0.0320. The number of nitrogens with one attached hydrogen (secondary N) is 1. The molecule has 6 heteroatoms. The van der Waals surface area contributed by atoms with Crippen LogP contribution in [0.3, 0.4) is 0 Å². The summed E-state index contributed by atoms with van der Waals surface area (Å²) in [5, 5.41) is 23.3. The molecule has 6 nitrogen and oxygen atoms in total. The largest absolute Gasteiger partial charge is 0.466 e. The highest BCUT2D eigenvalue weighted by Gasteiger charge is 2.20. The van der Waals surface area contributed by atoms with Gasteiger partial charge in [0.05, 0.1) is 25.4 Å². The smallest absolute Gasteiger partial charge is 0.305 e. The predicted octanol–water partition coefficient (Wildman–Crippen LogP) is 24.9. The van der Waals surface area contributed by atoms with E-state index in [-0.39, 0.29) is 18.5 Å². The van der Waals surface area contributed by atoms with Crippen LogP contribution in [0.1, 0.15) is 431 Å². The zero-order chi connectivity index (χ0) is 59.9. The number of aliphatic hydroxyl groups excluding tert-OH is 2. The van der Waals surface area contributed by atoms with Crippen LogP contribution in [-0.2, 0) is 14.3 Å². The molecule has 0 saturated carbocycles. The maximum Gasteiger partial charge on any atom is 0.305 e. The highest BCUT2D eigenvalue weighted by molar-refractivity contribution is 5.76. The van der Waals surface area contributed by atoms with Crippen molar-refractivity contribution in [2.45, 2.75) is 443 Å². The molecule has 2 atom stereocenters. The molecule has 1 amide bonds. The number of rotatable bonds is 72. The van der Waals surface area contributed by atoms with Crippen LogP contribution in [0, 0.1) is 0 Å². The molecule has 0 radical (unpaired) electrons. The van der Waals surface area contributed by atoms with E-state index in [0.717, 1.165) is 44.9 Å². The van der Waals surface area contributed by atoms with Crippen molar-refractivity contribution in [3.8, 4) is 0 Å². The summed E-state index contributed by atoms with van der Waals surface area (Å²) in [6, 6.07) is -0.538. The van der Waals surface area contributed by atoms with Crippen LogP contribution >= 0.6 is 0 Å². The Kier molecular flexibility index (Phi) is 71.4. The van der Waals surface area contributed by atoms with Crippen molar-refractivity contribution in [2.75, 3.05) is 13.2 Å².